The first-order chi connectivity index (χ1) is 12.4. The van der Waals surface area contributed by atoms with Crippen molar-refractivity contribution in [2.45, 2.75) is 58.3 Å². The molecule has 1 unspecified atom stereocenters. The number of nitrogens with one attached hydrogen (secondary N) is 1. The lowest BCUT2D eigenvalue weighted by atomic mass is 10.1. The summed E-state index contributed by atoms with van der Waals surface area (Å²) in [5.41, 5.74) is 1.72. The minimum Gasteiger partial charge on any atom is -0.444 e. The summed E-state index contributed by atoms with van der Waals surface area (Å²) < 4.78 is 13.0. The van der Waals surface area contributed by atoms with Crippen molar-refractivity contribution in [2.24, 2.45) is 0 Å². The van der Waals surface area contributed by atoms with Gasteiger partial charge < -0.3 is 14.6 Å². The predicted molar refractivity (Wildman–Crippen MR) is 99.2 cm³/mol. The molecule has 1 aliphatic rings. The molecule has 1 aliphatic heterocycles. The van der Waals surface area contributed by atoms with Gasteiger partial charge in [-0.3, -0.25) is 5.32 Å². The lowest BCUT2D eigenvalue weighted by molar-refractivity contribution is -0.0390. The molecular formula is C19H27N3O4. The van der Waals surface area contributed by atoms with Crippen molar-refractivity contribution in [1.82, 2.24) is 9.78 Å². The molecule has 1 fully saturated rings. The summed E-state index contributed by atoms with van der Waals surface area (Å²) in [7, 11) is 0. The van der Waals surface area contributed by atoms with Gasteiger partial charge in [0.2, 0.25) is 0 Å². The van der Waals surface area contributed by atoms with Crippen molar-refractivity contribution in [2.75, 3.05) is 18.5 Å². The summed E-state index contributed by atoms with van der Waals surface area (Å²) >= 11 is 0. The maximum atomic E-state index is 12.1. The molecule has 1 atom stereocenters. The molecule has 0 saturated carbocycles. The Morgan fingerprint density at radius 3 is 2.88 bits per heavy atom. The zero-order valence-corrected chi connectivity index (χ0v) is 15.6. The normalized spacial score (nSPS) is 18.1. The second kappa shape index (κ2) is 7.63. The number of nitrogens with zero attached hydrogens (tertiary/aromatic N) is 2. The van der Waals surface area contributed by atoms with Gasteiger partial charge in [-0.25, -0.2) is 9.48 Å². The van der Waals surface area contributed by atoms with Crippen LogP contribution in [0.5, 0.6) is 0 Å². The van der Waals surface area contributed by atoms with E-state index in [2.05, 4.69) is 10.4 Å². The smallest absolute Gasteiger partial charge is 0.412 e. The molecule has 2 heterocycles. The highest BCUT2D eigenvalue weighted by Crippen LogP contribution is 2.30. The van der Waals surface area contributed by atoms with Gasteiger partial charge in [0.05, 0.1) is 5.52 Å². The molecule has 26 heavy (non-hydrogen) atoms. The molecule has 0 spiro atoms. The van der Waals surface area contributed by atoms with Gasteiger partial charge in [-0.1, -0.05) is 0 Å². The second-order valence-electron chi connectivity index (χ2n) is 7.56. The minimum absolute atomic E-state index is 0.0206. The number of rotatable bonds is 4. The van der Waals surface area contributed by atoms with E-state index in [1.807, 2.05) is 37.7 Å². The van der Waals surface area contributed by atoms with Crippen LogP contribution in [0.1, 0.15) is 51.8 Å². The number of aliphatic hydroxyl groups is 1. The summed E-state index contributed by atoms with van der Waals surface area (Å²) in [5, 5.41) is 17.8. The molecule has 1 aromatic heterocycles. The first-order valence-electron chi connectivity index (χ1n) is 9.10. The highest BCUT2D eigenvalue weighted by atomic mass is 16.6. The number of ether oxygens (including phenoxy) is 2. The molecule has 7 heteroatoms. The second-order valence-corrected chi connectivity index (χ2v) is 7.56. The summed E-state index contributed by atoms with van der Waals surface area (Å²) in [5.74, 6) is 0. The molecule has 7 nitrogen and oxygen atoms in total. The Bertz CT molecular complexity index is 773. The van der Waals surface area contributed by atoms with E-state index in [1.54, 1.807) is 6.07 Å². The molecule has 2 N–H and O–H groups in total. The van der Waals surface area contributed by atoms with E-state index >= 15 is 0 Å². The molecule has 0 radical (unpaired) electrons. The molecule has 142 valence electrons. The van der Waals surface area contributed by atoms with E-state index in [4.69, 9.17) is 9.47 Å². The monoisotopic (exact) mass is 361 g/mol. The zero-order valence-electron chi connectivity index (χ0n) is 15.6. The van der Waals surface area contributed by atoms with E-state index in [1.165, 1.54) is 0 Å². The van der Waals surface area contributed by atoms with Gasteiger partial charge in [-0.2, -0.15) is 5.10 Å². The van der Waals surface area contributed by atoms with Gasteiger partial charge in [0.15, 0.2) is 0 Å². The molecule has 1 amide bonds. The molecule has 3 rings (SSSR count). The van der Waals surface area contributed by atoms with Crippen LogP contribution in [-0.4, -0.2) is 39.8 Å². The molecule has 0 aliphatic carbocycles. The Kier molecular flexibility index (Phi) is 5.48. The molecule has 2 aromatic rings. The number of fused-ring (bicyclic) bond motifs is 1. The zero-order chi connectivity index (χ0) is 18.7. The van der Waals surface area contributed by atoms with Gasteiger partial charge in [0.1, 0.15) is 11.8 Å². The quantitative estimate of drug-likeness (QED) is 0.869. The van der Waals surface area contributed by atoms with E-state index < -0.39 is 11.7 Å². The fourth-order valence-electron chi connectivity index (χ4n) is 3.16. The van der Waals surface area contributed by atoms with E-state index in [0.29, 0.717) is 12.1 Å². The third kappa shape index (κ3) is 4.34. The van der Waals surface area contributed by atoms with E-state index in [9.17, 15) is 9.90 Å². The van der Waals surface area contributed by atoms with Crippen LogP contribution in [0.2, 0.25) is 0 Å². The predicted octanol–water partition coefficient (Wildman–Crippen LogP) is 3.62. The van der Waals surface area contributed by atoms with Crippen LogP contribution in [0.25, 0.3) is 10.9 Å². The van der Waals surface area contributed by atoms with Crippen LogP contribution in [0.15, 0.2) is 18.3 Å². The first-order valence-corrected chi connectivity index (χ1v) is 9.10. The standard InChI is InChI=1S/C19H27N3O4/c1-19(2,3)26-18(24)20-15-7-8-16-14(13(15)9-10-23)12-22(21-16)17-6-4-5-11-25-17/h7-8,12,17,23H,4-6,9-11H2,1-3H3,(H,20,24). The largest absolute Gasteiger partial charge is 0.444 e. The number of carbonyl (C=O) groups excluding carboxylic acids is 1. The number of hydrogen-bond donors (Lipinski definition) is 2. The maximum absolute atomic E-state index is 12.1. The summed E-state index contributed by atoms with van der Waals surface area (Å²) in [6.07, 6.45) is 4.93. The van der Waals surface area contributed by atoms with Crippen molar-refractivity contribution < 1.29 is 19.4 Å². The van der Waals surface area contributed by atoms with Crippen LogP contribution in [0.3, 0.4) is 0 Å². The lowest BCUT2D eigenvalue weighted by Gasteiger charge is -2.22. The third-order valence-corrected chi connectivity index (χ3v) is 4.27. The molecule has 1 aromatic carbocycles. The van der Waals surface area contributed by atoms with Gasteiger partial charge in [0.25, 0.3) is 0 Å². The Labute approximate surface area is 153 Å². The SMILES string of the molecule is CC(C)(C)OC(=O)Nc1ccc2nn(C3CCCCO3)cc2c1CCO. The average Bonchev–Trinajstić information content (AvgIpc) is 3.01. The number of anilines is 1. The lowest BCUT2D eigenvalue weighted by Crippen LogP contribution is -2.27. The maximum Gasteiger partial charge on any atom is 0.412 e. The van der Waals surface area contributed by atoms with Crippen LogP contribution in [0.4, 0.5) is 10.5 Å². The first kappa shape index (κ1) is 18.7. The Morgan fingerprint density at radius 1 is 1.42 bits per heavy atom. The topological polar surface area (TPSA) is 85.6 Å². The molecule has 0 bridgehead atoms. The Hall–Kier alpha value is -2.12. The Balaban J connectivity index is 1.91. The highest BCUT2D eigenvalue weighted by Gasteiger charge is 2.21. The number of hydrogen-bond acceptors (Lipinski definition) is 5. The van der Waals surface area contributed by atoms with Crippen LogP contribution < -0.4 is 5.32 Å². The number of benzene rings is 1. The highest BCUT2D eigenvalue weighted by molar-refractivity contribution is 5.93. The van der Waals surface area contributed by atoms with Crippen molar-refractivity contribution in [3.05, 3.63) is 23.9 Å². The van der Waals surface area contributed by atoms with Gasteiger partial charge in [-0.15, -0.1) is 0 Å². The summed E-state index contributed by atoms with van der Waals surface area (Å²) in [6.45, 7) is 6.18. The van der Waals surface area contributed by atoms with Crippen LogP contribution in [0, 0.1) is 0 Å². The van der Waals surface area contributed by atoms with Crippen LogP contribution in [-0.2, 0) is 15.9 Å². The van der Waals surface area contributed by atoms with Gasteiger partial charge >= 0.3 is 6.09 Å². The summed E-state index contributed by atoms with van der Waals surface area (Å²) in [6, 6.07) is 3.67. The fraction of sp³-hybridized carbons (Fsp3) is 0.579. The molecular weight excluding hydrogens is 334 g/mol. The minimum atomic E-state index is -0.575. The number of amides is 1. The van der Waals surface area contributed by atoms with Gasteiger partial charge in [0, 0.05) is 30.5 Å². The van der Waals surface area contributed by atoms with E-state index in [-0.39, 0.29) is 12.8 Å². The number of aliphatic hydroxyl groups excluding tert-OH is 1. The van der Waals surface area contributed by atoms with Crippen LogP contribution >= 0.6 is 0 Å². The number of aromatic nitrogens is 2. The summed E-state index contributed by atoms with van der Waals surface area (Å²) in [4.78, 5) is 12.1. The van der Waals surface area contributed by atoms with Gasteiger partial charge in [-0.05, 0) is 64.2 Å². The third-order valence-electron chi connectivity index (χ3n) is 4.27. The van der Waals surface area contributed by atoms with Crippen molar-refractivity contribution >= 4 is 22.7 Å². The van der Waals surface area contributed by atoms with Crippen molar-refractivity contribution in [3.8, 4) is 0 Å². The van der Waals surface area contributed by atoms with Crippen molar-refractivity contribution in [3.63, 3.8) is 0 Å². The van der Waals surface area contributed by atoms with E-state index in [0.717, 1.165) is 42.3 Å². The number of carbonyl (C=O) groups is 1. The van der Waals surface area contributed by atoms with Crippen molar-refractivity contribution in [1.29, 1.82) is 0 Å². The fourth-order valence-corrected chi connectivity index (χ4v) is 3.16. The Morgan fingerprint density at radius 2 is 2.23 bits per heavy atom. The average molecular weight is 361 g/mol. The molecule has 1 saturated heterocycles.